The van der Waals surface area contributed by atoms with Gasteiger partial charge in [-0.1, -0.05) is 35.9 Å². The molecule has 0 amide bonds. The van der Waals surface area contributed by atoms with E-state index in [1.807, 2.05) is 7.05 Å². The van der Waals surface area contributed by atoms with Crippen LogP contribution in [0, 0.1) is 20.8 Å². The molecule has 0 radical (unpaired) electrons. The Balaban J connectivity index is 2.27. The highest BCUT2D eigenvalue weighted by molar-refractivity contribution is 5.39. The van der Waals surface area contributed by atoms with Crippen LogP contribution in [0.25, 0.3) is 0 Å². The SMILES string of the molecule is CNC(Cc1cc(C)ccc1C)c1ccc(OC)c(C)c1. The van der Waals surface area contributed by atoms with Crippen LogP contribution in [0.2, 0.25) is 0 Å². The first-order valence-electron chi connectivity index (χ1n) is 7.43. The standard InChI is InChI=1S/C19H25NO/c1-13-6-7-14(2)17(10-13)12-18(20-4)16-8-9-19(21-5)15(3)11-16/h6-11,18,20H,12H2,1-5H3. The zero-order chi connectivity index (χ0) is 15.4. The highest BCUT2D eigenvalue weighted by Gasteiger charge is 2.13. The molecule has 21 heavy (non-hydrogen) atoms. The minimum absolute atomic E-state index is 0.315. The highest BCUT2D eigenvalue weighted by Crippen LogP contribution is 2.25. The van der Waals surface area contributed by atoms with Crippen molar-refractivity contribution in [1.82, 2.24) is 5.32 Å². The summed E-state index contributed by atoms with van der Waals surface area (Å²) in [5.74, 6) is 0.945. The van der Waals surface area contributed by atoms with E-state index in [0.29, 0.717) is 6.04 Å². The van der Waals surface area contributed by atoms with E-state index in [1.54, 1.807) is 7.11 Å². The molecule has 0 heterocycles. The normalized spacial score (nSPS) is 12.2. The van der Waals surface area contributed by atoms with Gasteiger partial charge in [0.1, 0.15) is 5.75 Å². The van der Waals surface area contributed by atoms with Crippen LogP contribution >= 0.6 is 0 Å². The molecule has 2 heteroatoms. The number of likely N-dealkylation sites (N-methyl/N-ethyl adjacent to an activating group) is 1. The van der Waals surface area contributed by atoms with Gasteiger partial charge >= 0.3 is 0 Å². The zero-order valence-electron chi connectivity index (χ0n) is 13.7. The summed E-state index contributed by atoms with van der Waals surface area (Å²) in [6.07, 6.45) is 0.996. The fraction of sp³-hybridized carbons (Fsp3) is 0.368. The van der Waals surface area contributed by atoms with E-state index >= 15 is 0 Å². The van der Waals surface area contributed by atoms with Crippen LogP contribution in [0.1, 0.15) is 33.9 Å². The third-order valence-corrected chi connectivity index (χ3v) is 4.10. The summed E-state index contributed by atoms with van der Waals surface area (Å²) in [7, 11) is 3.74. The summed E-state index contributed by atoms with van der Waals surface area (Å²) in [6.45, 7) is 6.42. The number of methoxy groups -OCH3 is 1. The molecular weight excluding hydrogens is 258 g/mol. The molecule has 2 aromatic carbocycles. The Morgan fingerprint density at radius 1 is 1.00 bits per heavy atom. The molecule has 0 spiro atoms. The Morgan fingerprint density at radius 3 is 2.38 bits per heavy atom. The molecule has 0 aromatic heterocycles. The molecule has 0 aliphatic rings. The maximum atomic E-state index is 5.35. The van der Waals surface area contributed by atoms with Crippen molar-refractivity contribution in [1.29, 1.82) is 0 Å². The molecule has 1 atom stereocenters. The van der Waals surface area contributed by atoms with E-state index < -0.39 is 0 Å². The fourth-order valence-corrected chi connectivity index (χ4v) is 2.75. The van der Waals surface area contributed by atoms with Crippen molar-refractivity contribution < 1.29 is 4.74 Å². The highest BCUT2D eigenvalue weighted by atomic mass is 16.5. The van der Waals surface area contributed by atoms with Crippen LogP contribution in [0.3, 0.4) is 0 Å². The van der Waals surface area contributed by atoms with Crippen LogP contribution in [0.5, 0.6) is 5.75 Å². The molecule has 0 bridgehead atoms. The number of hydrogen-bond donors (Lipinski definition) is 1. The minimum atomic E-state index is 0.315. The van der Waals surface area contributed by atoms with Crippen molar-refractivity contribution in [3.8, 4) is 5.75 Å². The van der Waals surface area contributed by atoms with Crippen LogP contribution < -0.4 is 10.1 Å². The van der Waals surface area contributed by atoms with Gasteiger partial charge in [0.05, 0.1) is 7.11 Å². The Kier molecular flexibility index (Phi) is 5.03. The summed E-state index contributed by atoms with van der Waals surface area (Å²) in [5.41, 5.74) is 6.55. The van der Waals surface area contributed by atoms with Gasteiger partial charge < -0.3 is 10.1 Å². The second-order valence-electron chi connectivity index (χ2n) is 5.70. The molecule has 0 saturated carbocycles. The molecule has 1 unspecified atom stereocenters. The van der Waals surface area contributed by atoms with Gasteiger partial charge in [0, 0.05) is 6.04 Å². The number of benzene rings is 2. The van der Waals surface area contributed by atoms with Gasteiger partial charge in [0.15, 0.2) is 0 Å². The van der Waals surface area contributed by atoms with E-state index in [4.69, 9.17) is 4.74 Å². The quantitative estimate of drug-likeness (QED) is 0.891. The first-order valence-corrected chi connectivity index (χ1v) is 7.43. The van der Waals surface area contributed by atoms with Crippen LogP contribution in [0.15, 0.2) is 36.4 Å². The average molecular weight is 283 g/mol. The topological polar surface area (TPSA) is 21.3 Å². The lowest BCUT2D eigenvalue weighted by molar-refractivity contribution is 0.411. The third kappa shape index (κ3) is 3.64. The summed E-state index contributed by atoms with van der Waals surface area (Å²) < 4.78 is 5.35. The fourth-order valence-electron chi connectivity index (χ4n) is 2.75. The van der Waals surface area contributed by atoms with Crippen molar-refractivity contribution in [2.45, 2.75) is 33.2 Å². The zero-order valence-corrected chi connectivity index (χ0v) is 13.7. The van der Waals surface area contributed by atoms with Crippen LogP contribution in [0.4, 0.5) is 0 Å². The van der Waals surface area contributed by atoms with Crippen LogP contribution in [-0.4, -0.2) is 14.2 Å². The molecular formula is C19H25NO. The van der Waals surface area contributed by atoms with Gasteiger partial charge in [-0.3, -0.25) is 0 Å². The second-order valence-corrected chi connectivity index (χ2v) is 5.70. The molecule has 0 fully saturated rings. The summed E-state index contributed by atoms with van der Waals surface area (Å²) in [5, 5.41) is 3.44. The lowest BCUT2D eigenvalue weighted by atomic mass is 9.94. The average Bonchev–Trinajstić information content (AvgIpc) is 2.48. The number of rotatable bonds is 5. The molecule has 0 saturated heterocycles. The smallest absolute Gasteiger partial charge is 0.121 e. The van der Waals surface area contributed by atoms with Gasteiger partial charge in [-0.2, -0.15) is 0 Å². The predicted molar refractivity (Wildman–Crippen MR) is 89.2 cm³/mol. The summed E-state index contributed by atoms with van der Waals surface area (Å²) in [6, 6.07) is 13.4. The number of aryl methyl sites for hydroxylation is 3. The number of ether oxygens (including phenoxy) is 1. The number of hydrogen-bond acceptors (Lipinski definition) is 2. The second kappa shape index (κ2) is 6.77. The van der Waals surface area contributed by atoms with Crippen molar-refractivity contribution >= 4 is 0 Å². The summed E-state index contributed by atoms with van der Waals surface area (Å²) in [4.78, 5) is 0. The molecule has 2 aromatic rings. The van der Waals surface area contributed by atoms with Gasteiger partial charge in [-0.15, -0.1) is 0 Å². The van der Waals surface area contributed by atoms with E-state index in [-0.39, 0.29) is 0 Å². The predicted octanol–water partition coefficient (Wildman–Crippen LogP) is 4.12. The molecule has 2 nitrogen and oxygen atoms in total. The first-order chi connectivity index (χ1) is 10.0. The largest absolute Gasteiger partial charge is 0.496 e. The monoisotopic (exact) mass is 283 g/mol. The maximum absolute atomic E-state index is 5.35. The van der Waals surface area contributed by atoms with E-state index in [1.165, 1.54) is 27.8 Å². The third-order valence-electron chi connectivity index (χ3n) is 4.10. The molecule has 1 N–H and O–H groups in total. The Morgan fingerprint density at radius 2 is 1.76 bits per heavy atom. The van der Waals surface area contributed by atoms with E-state index in [2.05, 4.69) is 62.5 Å². The minimum Gasteiger partial charge on any atom is -0.496 e. The molecule has 0 aliphatic carbocycles. The Labute approximate surface area is 128 Å². The van der Waals surface area contributed by atoms with Crippen molar-refractivity contribution in [3.05, 3.63) is 64.2 Å². The Hall–Kier alpha value is -1.80. The summed E-state index contributed by atoms with van der Waals surface area (Å²) >= 11 is 0. The van der Waals surface area contributed by atoms with Crippen molar-refractivity contribution in [3.63, 3.8) is 0 Å². The first kappa shape index (κ1) is 15.6. The van der Waals surface area contributed by atoms with Crippen molar-refractivity contribution in [2.24, 2.45) is 0 Å². The lowest BCUT2D eigenvalue weighted by Crippen LogP contribution is -2.19. The maximum Gasteiger partial charge on any atom is 0.121 e. The van der Waals surface area contributed by atoms with Crippen molar-refractivity contribution in [2.75, 3.05) is 14.2 Å². The van der Waals surface area contributed by atoms with Gasteiger partial charge in [-0.25, -0.2) is 0 Å². The van der Waals surface area contributed by atoms with Gasteiger partial charge in [0.2, 0.25) is 0 Å². The molecule has 2 rings (SSSR count). The molecule has 0 aliphatic heterocycles. The lowest BCUT2D eigenvalue weighted by Gasteiger charge is -2.19. The van der Waals surface area contributed by atoms with Gasteiger partial charge in [-0.05, 0) is 62.6 Å². The number of nitrogens with one attached hydrogen (secondary N) is 1. The molecule has 112 valence electrons. The van der Waals surface area contributed by atoms with E-state index in [0.717, 1.165) is 12.2 Å². The van der Waals surface area contributed by atoms with Gasteiger partial charge in [0.25, 0.3) is 0 Å². The van der Waals surface area contributed by atoms with E-state index in [9.17, 15) is 0 Å². The van der Waals surface area contributed by atoms with Crippen LogP contribution in [-0.2, 0) is 6.42 Å². The Bertz CT molecular complexity index is 619.